The molecule has 2 heterocycles. The monoisotopic (exact) mass is 397 g/mol. The molecule has 1 atom stereocenters. The zero-order valence-corrected chi connectivity index (χ0v) is 17.3. The molecule has 29 heavy (non-hydrogen) atoms. The molecule has 1 unspecified atom stereocenters. The third-order valence-electron chi connectivity index (χ3n) is 5.71. The first kappa shape index (κ1) is 21.1. The highest BCUT2D eigenvalue weighted by atomic mass is 16.3. The van der Waals surface area contributed by atoms with E-state index in [-0.39, 0.29) is 23.8 Å². The Labute approximate surface area is 172 Å². The first-order valence-electron chi connectivity index (χ1n) is 10.5. The lowest BCUT2D eigenvalue weighted by atomic mass is 9.93. The van der Waals surface area contributed by atoms with Crippen molar-refractivity contribution in [2.75, 3.05) is 26.2 Å². The van der Waals surface area contributed by atoms with E-state index in [4.69, 9.17) is 4.42 Å². The molecular weight excluding hydrogens is 366 g/mol. The van der Waals surface area contributed by atoms with E-state index >= 15 is 0 Å². The number of furan rings is 1. The van der Waals surface area contributed by atoms with E-state index in [0.717, 1.165) is 37.3 Å². The predicted octanol–water partition coefficient (Wildman–Crippen LogP) is 3.22. The molecule has 0 saturated carbocycles. The van der Waals surface area contributed by atoms with Crippen LogP contribution in [0.3, 0.4) is 0 Å². The van der Waals surface area contributed by atoms with E-state index in [2.05, 4.69) is 10.2 Å². The van der Waals surface area contributed by atoms with Crippen molar-refractivity contribution in [2.24, 2.45) is 5.92 Å². The lowest BCUT2D eigenvalue weighted by Crippen LogP contribution is -2.47. The first-order chi connectivity index (χ1) is 14.1. The van der Waals surface area contributed by atoms with Crippen LogP contribution in [0.2, 0.25) is 0 Å². The molecular formula is C23H31N3O3. The van der Waals surface area contributed by atoms with E-state index in [1.165, 1.54) is 0 Å². The maximum Gasteiger partial charge on any atom is 0.244 e. The lowest BCUT2D eigenvalue weighted by Gasteiger charge is -2.38. The highest BCUT2D eigenvalue weighted by molar-refractivity contribution is 5.83. The summed E-state index contributed by atoms with van der Waals surface area (Å²) in [5.74, 6) is 0.931. The number of rotatable bonds is 8. The molecule has 3 rings (SSSR count). The summed E-state index contributed by atoms with van der Waals surface area (Å²) < 4.78 is 5.27. The third kappa shape index (κ3) is 5.26. The molecule has 1 aliphatic rings. The quantitative estimate of drug-likeness (QED) is 0.743. The molecule has 1 saturated heterocycles. The van der Waals surface area contributed by atoms with Gasteiger partial charge in [-0.3, -0.25) is 14.5 Å². The minimum absolute atomic E-state index is 0.0267. The Hall–Kier alpha value is -2.60. The van der Waals surface area contributed by atoms with Crippen LogP contribution in [0.5, 0.6) is 0 Å². The van der Waals surface area contributed by atoms with Gasteiger partial charge in [0.25, 0.3) is 0 Å². The highest BCUT2D eigenvalue weighted by Crippen LogP contribution is 2.29. The molecule has 1 aromatic heterocycles. The Morgan fingerprint density at radius 2 is 1.79 bits per heavy atom. The van der Waals surface area contributed by atoms with Crippen LogP contribution in [0, 0.1) is 5.92 Å². The van der Waals surface area contributed by atoms with Gasteiger partial charge in [0.15, 0.2) is 0 Å². The molecule has 6 heteroatoms. The summed E-state index contributed by atoms with van der Waals surface area (Å²) in [6, 6.07) is 13.4. The molecule has 1 aromatic carbocycles. The molecule has 0 radical (unpaired) electrons. The van der Waals surface area contributed by atoms with E-state index in [1.54, 1.807) is 6.26 Å². The number of benzene rings is 1. The van der Waals surface area contributed by atoms with E-state index in [1.807, 2.05) is 61.2 Å². The summed E-state index contributed by atoms with van der Waals surface area (Å²) in [6.07, 6.45) is 3.11. The van der Waals surface area contributed by atoms with Crippen LogP contribution in [0.1, 0.15) is 44.1 Å². The zero-order valence-electron chi connectivity index (χ0n) is 17.3. The van der Waals surface area contributed by atoms with Crippen LogP contribution in [0.25, 0.3) is 0 Å². The normalized spacial score (nSPS) is 16.3. The van der Waals surface area contributed by atoms with Gasteiger partial charge in [0, 0.05) is 19.0 Å². The number of nitrogens with one attached hydrogen (secondary N) is 1. The molecule has 2 amide bonds. The van der Waals surface area contributed by atoms with Crippen molar-refractivity contribution in [2.45, 2.75) is 39.3 Å². The van der Waals surface area contributed by atoms with Gasteiger partial charge in [-0.1, -0.05) is 30.3 Å². The number of piperidine rings is 1. The Kier molecular flexibility index (Phi) is 7.47. The van der Waals surface area contributed by atoms with Gasteiger partial charge in [-0.25, -0.2) is 0 Å². The number of hydrogen-bond acceptors (Lipinski definition) is 4. The van der Waals surface area contributed by atoms with Crippen LogP contribution < -0.4 is 5.32 Å². The Bertz CT molecular complexity index is 764. The summed E-state index contributed by atoms with van der Waals surface area (Å²) in [5, 5.41) is 2.96. The molecule has 1 N–H and O–H groups in total. The Balaban J connectivity index is 1.63. The van der Waals surface area contributed by atoms with Gasteiger partial charge in [-0.2, -0.15) is 0 Å². The largest absolute Gasteiger partial charge is 0.467 e. The number of amides is 2. The molecule has 2 aromatic rings. The van der Waals surface area contributed by atoms with E-state index in [9.17, 15) is 9.59 Å². The van der Waals surface area contributed by atoms with Crippen molar-refractivity contribution in [1.29, 1.82) is 0 Å². The predicted molar refractivity (Wildman–Crippen MR) is 112 cm³/mol. The molecule has 0 aliphatic carbocycles. The molecule has 1 aliphatic heterocycles. The van der Waals surface area contributed by atoms with Gasteiger partial charge >= 0.3 is 0 Å². The fourth-order valence-corrected chi connectivity index (χ4v) is 4.00. The zero-order chi connectivity index (χ0) is 20.6. The first-order valence-corrected chi connectivity index (χ1v) is 10.5. The van der Waals surface area contributed by atoms with Gasteiger partial charge in [-0.15, -0.1) is 0 Å². The number of nitrogens with zero attached hydrogens (tertiary/aromatic N) is 2. The second kappa shape index (κ2) is 10.3. The van der Waals surface area contributed by atoms with Crippen LogP contribution in [0.4, 0.5) is 0 Å². The topological polar surface area (TPSA) is 65.8 Å². The van der Waals surface area contributed by atoms with Gasteiger partial charge in [-0.05, 0) is 57.5 Å². The van der Waals surface area contributed by atoms with Crippen LogP contribution in [-0.4, -0.2) is 47.8 Å². The summed E-state index contributed by atoms with van der Waals surface area (Å²) in [7, 11) is 0. The van der Waals surface area contributed by atoms with Gasteiger partial charge in [0.05, 0.1) is 12.8 Å². The Morgan fingerprint density at radius 3 is 2.38 bits per heavy atom. The second-order valence-corrected chi connectivity index (χ2v) is 7.43. The smallest absolute Gasteiger partial charge is 0.244 e. The lowest BCUT2D eigenvalue weighted by molar-refractivity contribution is -0.138. The van der Waals surface area contributed by atoms with Crippen molar-refractivity contribution >= 4 is 11.8 Å². The van der Waals surface area contributed by atoms with Gasteiger partial charge in [0.1, 0.15) is 11.8 Å². The van der Waals surface area contributed by atoms with Gasteiger partial charge < -0.3 is 14.6 Å². The van der Waals surface area contributed by atoms with Crippen molar-refractivity contribution in [3.8, 4) is 0 Å². The van der Waals surface area contributed by atoms with E-state index in [0.29, 0.717) is 19.6 Å². The minimum atomic E-state index is -0.289. The maximum atomic E-state index is 13.2. The molecule has 6 nitrogen and oxygen atoms in total. The highest BCUT2D eigenvalue weighted by Gasteiger charge is 2.34. The van der Waals surface area contributed by atoms with Crippen LogP contribution in [0.15, 0.2) is 53.1 Å². The van der Waals surface area contributed by atoms with Crippen LogP contribution in [-0.2, 0) is 16.1 Å². The van der Waals surface area contributed by atoms with Crippen molar-refractivity contribution in [3.05, 3.63) is 60.1 Å². The summed E-state index contributed by atoms with van der Waals surface area (Å²) >= 11 is 0. The average Bonchev–Trinajstić information content (AvgIpc) is 3.28. The molecule has 0 bridgehead atoms. The van der Waals surface area contributed by atoms with Crippen molar-refractivity contribution < 1.29 is 14.0 Å². The fourth-order valence-electron chi connectivity index (χ4n) is 4.00. The fraction of sp³-hybridized carbons (Fsp3) is 0.478. The van der Waals surface area contributed by atoms with Gasteiger partial charge in [0.2, 0.25) is 11.8 Å². The number of likely N-dealkylation sites (N-methyl/N-ethyl adjacent to an activating group) is 1. The Morgan fingerprint density at radius 1 is 1.10 bits per heavy atom. The summed E-state index contributed by atoms with van der Waals surface area (Å²) in [5.41, 5.74) is 1.02. The van der Waals surface area contributed by atoms with Crippen molar-refractivity contribution in [1.82, 2.24) is 15.1 Å². The number of carbonyl (C=O) groups excluding carboxylic acids is 2. The maximum absolute atomic E-state index is 13.2. The average molecular weight is 398 g/mol. The van der Waals surface area contributed by atoms with E-state index < -0.39 is 0 Å². The molecule has 1 fully saturated rings. The van der Waals surface area contributed by atoms with Crippen molar-refractivity contribution in [3.63, 3.8) is 0 Å². The molecule has 0 spiro atoms. The number of hydrogen-bond donors (Lipinski definition) is 1. The SMILES string of the molecule is CCN(CC)C(=O)C(c1ccccc1)N1CCC(C(=O)NCc2ccco2)CC1. The third-order valence-corrected chi connectivity index (χ3v) is 5.71. The standard InChI is InChI=1S/C23H31N3O3/c1-3-25(4-2)23(28)21(18-9-6-5-7-10-18)26-14-12-19(13-15-26)22(27)24-17-20-11-8-16-29-20/h5-11,16,19,21H,3-4,12-15,17H2,1-2H3,(H,24,27). The van der Waals surface area contributed by atoms with Crippen LogP contribution >= 0.6 is 0 Å². The number of likely N-dealkylation sites (tertiary alicyclic amines) is 1. The number of carbonyl (C=O) groups is 2. The summed E-state index contributed by atoms with van der Waals surface area (Å²) in [6.45, 7) is 7.29. The second-order valence-electron chi connectivity index (χ2n) is 7.43. The minimum Gasteiger partial charge on any atom is -0.467 e. The molecule has 156 valence electrons. The summed E-state index contributed by atoms with van der Waals surface area (Å²) in [4.78, 5) is 29.9.